The van der Waals surface area contributed by atoms with Gasteiger partial charge < -0.3 is 29.9 Å². The SMILES string of the molecule is Cc1cc(O)cc(O)c1C(=O)O[C@@]1(C)C(=O)C2=C(C=C(/C=C/C(=O)O)OC2)[C@]2(CC3C[C@H]([C@H](C)/C=C/[C@H](C)C(C)C)[C@@]4(C)CC[C@H]5C(=C34)[C@H]2C=C2C[C@@H](O)CC[C@@]25C)C1=O. The van der Waals surface area contributed by atoms with Crippen molar-refractivity contribution in [2.45, 2.75) is 112 Å². The number of Topliss-reactive ketones (excluding diaryl/α,β-unsaturated/α-hetero) is 2. The summed E-state index contributed by atoms with van der Waals surface area (Å²) in [5, 5.41) is 41.7. The van der Waals surface area contributed by atoms with Crippen LogP contribution in [0.25, 0.3) is 0 Å². The molecule has 1 aromatic carbocycles. The average Bonchev–Trinajstić information content (AvgIpc) is 3.48. The van der Waals surface area contributed by atoms with E-state index < -0.39 is 52.3 Å². The number of carbonyl (C=O) groups excluding carboxylic acids is 3. The maximum atomic E-state index is 16.2. The van der Waals surface area contributed by atoms with Gasteiger partial charge in [0.15, 0.2) is 5.78 Å². The van der Waals surface area contributed by atoms with Gasteiger partial charge in [-0.05, 0) is 134 Å². The van der Waals surface area contributed by atoms with Crippen LogP contribution in [-0.4, -0.2) is 62.2 Å². The van der Waals surface area contributed by atoms with Crippen molar-refractivity contribution < 1.29 is 49.1 Å². The number of aryl methyl sites for hydroxylation is 1. The second kappa shape index (κ2) is 14.5. The number of rotatable bonds is 8. The number of aliphatic hydroxyl groups excluding tert-OH is 1. The maximum Gasteiger partial charge on any atom is 0.343 e. The lowest BCUT2D eigenvalue weighted by Crippen LogP contribution is -2.64. The van der Waals surface area contributed by atoms with E-state index in [1.54, 1.807) is 6.08 Å². The molecule has 2 saturated carbocycles. The summed E-state index contributed by atoms with van der Waals surface area (Å²) in [6.45, 7) is 16.4. The van der Waals surface area contributed by atoms with Crippen molar-refractivity contribution in [3.8, 4) is 11.5 Å². The Labute approximate surface area is 352 Å². The minimum absolute atomic E-state index is 0.0383. The number of phenols is 2. The van der Waals surface area contributed by atoms with Crippen LogP contribution in [0.2, 0.25) is 0 Å². The summed E-state index contributed by atoms with van der Waals surface area (Å²) in [6, 6.07) is 2.31. The molecule has 320 valence electrons. The van der Waals surface area contributed by atoms with E-state index in [-0.39, 0.29) is 69.3 Å². The predicted molar refractivity (Wildman–Crippen MR) is 225 cm³/mol. The summed E-state index contributed by atoms with van der Waals surface area (Å²) >= 11 is 0. The van der Waals surface area contributed by atoms with Crippen molar-refractivity contribution in [2.75, 3.05) is 6.61 Å². The van der Waals surface area contributed by atoms with E-state index in [1.807, 2.05) is 0 Å². The Morgan fingerprint density at radius 3 is 2.40 bits per heavy atom. The molecular weight excluding hydrogens is 761 g/mol. The number of carboxylic acids is 1. The Bertz CT molecular complexity index is 2250. The molecular formula is C50H60O10. The number of ketones is 2. The topological polar surface area (TPSA) is 168 Å². The molecule has 1 spiro atoms. The first kappa shape index (κ1) is 42.0. The van der Waals surface area contributed by atoms with E-state index in [0.717, 1.165) is 43.4 Å². The first-order valence-electron chi connectivity index (χ1n) is 21.8. The quantitative estimate of drug-likeness (QED) is 0.0863. The van der Waals surface area contributed by atoms with Crippen molar-refractivity contribution in [1.29, 1.82) is 0 Å². The predicted octanol–water partition coefficient (Wildman–Crippen LogP) is 8.66. The highest BCUT2D eigenvalue weighted by Gasteiger charge is 2.71. The van der Waals surface area contributed by atoms with Crippen molar-refractivity contribution in [1.82, 2.24) is 0 Å². The largest absolute Gasteiger partial charge is 0.508 e. The van der Waals surface area contributed by atoms with Crippen molar-refractivity contribution >= 4 is 23.5 Å². The highest BCUT2D eigenvalue weighted by molar-refractivity contribution is 6.24. The van der Waals surface area contributed by atoms with Gasteiger partial charge in [-0.2, -0.15) is 0 Å². The molecule has 4 N–H and O–H groups in total. The lowest BCUT2D eigenvalue weighted by Gasteiger charge is -2.62. The monoisotopic (exact) mass is 820 g/mol. The van der Waals surface area contributed by atoms with Gasteiger partial charge >= 0.3 is 11.9 Å². The highest BCUT2D eigenvalue weighted by Crippen LogP contribution is 2.74. The van der Waals surface area contributed by atoms with Gasteiger partial charge in [0, 0.05) is 23.6 Å². The molecule has 0 radical (unpaired) electrons. The molecule has 6 aliphatic carbocycles. The number of aliphatic hydroxyl groups is 1. The van der Waals surface area contributed by atoms with Gasteiger partial charge in [-0.1, -0.05) is 76.5 Å². The number of fused-ring (bicyclic) bond motifs is 4. The molecule has 0 bridgehead atoms. The van der Waals surface area contributed by atoms with E-state index in [0.29, 0.717) is 36.7 Å². The molecule has 7 aliphatic rings. The second-order valence-electron chi connectivity index (χ2n) is 20.1. The number of hydrogen-bond donors (Lipinski definition) is 4. The number of carbonyl (C=O) groups is 4. The highest BCUT2D eigenvalue weighted by atomic mass is 16.6. The minimum atomic E-state index is -2.34. The third-order valence-corrected chi connectivity index (χ3v) is 16.4. The zero-order chi connectivity index (χ0) is 43.4. The van der Waals surface area contributed by atoms with Crippen LogP contribution >= 0.6 is 0 Å². The van der Waals surface area contributed by atoms with Crippen LogP contribution in [0.15, 0.2) is 82.2 Å². The van der Waals surface area contributed by atoms with Crippen molar-refractivity contribution in [2.24, 2.45) is 57.7 Å². The summed E-state index contributed by atoms with van der Waals surface area (Å²) in [5.74, 6) is -3.21. The van der Waals surface area contributed by atoms with Crippen LogP contribution in [0.4, 0.5) is 0 Å². The summed E-state index contributed by atoms with van der Waals surface area (Å²) in [5.41, 5.74) is 0.208. The van der Waals surface area contributed by atoms with Crippen LogP contribution < -0.4 is 0 Å². The molecule has 0 saturated heterocycles. The molecule has 11 atom stereocenters. The molecule has 2 fully saturated rings. The Hall–Kier alpha value is -4.70. The molecule has 10 nitrogen and oxygen atoms in total. The summed E-state index contributed by atoms with van der Waals surface area (Å²) < 4.78 is 12.2. The molecule has 60 heavy (non-hydrogen) atoms. The lowest BCUT2D eigenvalue weighted by atomic mass is 9.41. The van der Waals surface area contributed by atoms with E-state index in [1.165, 1.54) is 37.1 Å². The zero-order valence-corrected chi connectivity index (χ0v) is 36.1. The molecule has 1 heterocycles. The minimum Gasteiger partial charge on any atom is -0.508 e. The molecule has 0 amide bonds. The number of benzene rings is 1. The van der Waals surface area contributed by atoms with Gasteiger partial charge in [0.1, 0.15) is 29.4 Å². The number of phenolic OH excluding ortho intramolecular Hbond substituents is 2. The van der Waals surface area contributed by atoms with E-state index in [4.69, 9.17) is 9.47 Å². The number of carboxylic acid groups (broad SMARTS) is 1. The third kappa shape index (κ3) is 6.12. The number of aliphatic carboxylic acids is 1. The van der Waals surface area contributed by atoms with Gasteiger partial charge in [-0.25, -0.2) is 9.59 Å². The Kier molecular flexibility index (Phi) is 10.1. The normalized spacial score (nSPS) is 36.8. The maximum absolute atomic E-state index is 16.2. The van der Waals surface area contributed by atoms with E-state index in [2.05, 4.69) is 59.8 Å². The van der Waals surface area contributed by atoms with Gasteiger partial charge in [0.05, 0.1) is 11.5 Å². The van der Waals surface area contributed by atoms with Crippen LogP contribution in [0, 0.1) is 64.6 Å². The molecule has 1 unspecified atom stereocenters. The van der Waals surface area contributed by atoms with Crippen LogP contribution in [0.1, 0.15) is 109 Å². The fourth-order valence-electron chi connectivity index (χ4n) is 13.0. The summed E-state index contributed by atoms with van der Waals surface area (Å²) in [4.78, 5) is 57.0. The van der Waals surface area contributed by atoms with E-state index in [9.17, 15) is 34.8 Å². The molecule has 0 aromatic heterocycles. The Morgan fingerprint density at radius 2 is 1.72 bits per heavy atom. The van der Waals surface area contributed by atoms with Gasteiger partial charge in [-0.3, -0.25) is 9.59 Å². The van der Waals surface area contributed by atoms with Gasteiger partial charge in [0.25, 0.3) is 0 Å². The van der Waals surface area contributed by atoms with Crippen LogP contribution in [0.5, 0.6) is 11.5 Å². The number of allylic oxidation sites excluding steroid dienone is 8. The fraction of sp³-hybridized carbons (Fsp3) is 0.560. The Balaban J connectivity index is 1.37. The average molecular weight is 821 g/mol. The van der Waals surface area contributed by atoms with E-state index >= 15 is 4.79 Å². The first-order valence-corrected chi connectivity index (χ1v) is 21.8. The van der Waals surface area contributed by atoms with Gasteiger partial charge in [-0.15, -0.1) is 0 Å². The molecule has 1 aromatic rings. The van der Waals surface area contributed by atoms with Gasteiger partial charge in [0.2, 0.25) is 11.4 Å². The number of esters is 1. The Morgan fingerprint density at radius 1 is 1.00 bits per heavy atom. The first-order chi connectivity index (χ1) is 28.2. The van der Waals surface area contributed by atoms with Crippen molar-refractivity contribution in [3.63, 3.8) is 0 Å². The molecule has 10 heteroatoms. The smallest absolute Gasteiger partial charge is 0.343 e. The van der Waals surface area contributed by atoms with Crippen LogP contribution in [0.3, 0.4) is 0 Å². The number of aromatic hydroxyl groups is 2. The zero-order valence-electron chi connectivity index (χ0n) is 36.1. The number of hydrogen-bond acceptors (Lipinski definition) is 9. The summed E-state index contributed by atoms with van der Waals surface area (Å²) in [7, 11) is 0. The lowest BCUT2D eigenvalue weighted by molar-refractivity contribution is -0.158. The third-order valence-electron chi connectivity index (χ3n) is 16.4. The molecule has 8 rings (SSSR count). The molecule has 1 aliphatic heterocycles. The second-order valence-corrected chi connectivity index (χ2v) is 20.1. The number of ether oxygens (including phenoxy) is 2. The summed E-state index contributed by atoms with van der Waals surface area (Å²) in [6.07, 6.45) is 15.4. The standard InChI is InChI=1S/C50H60O10/c1-25(2)26(3)9-10-27(4)36-18-29-23-50(38-20-30-19-31(51)13-15-47(30,6)35-14-16-48(36,7)43(29)42(35)38)37-22-33(11-12-40(54)55)59-24-34(37)44(56)49(8,46(50)58)60-45(57)41-28(5)17-32(52)21-39(41)53/h9-12,17,20-22,25-27,29,31,35-36,38,51-53H,13-16,18-19,23-24H2,1-8H3,(H,54,55)/b10-9+,12-11+/t26-,27+,29?,31-,35-,36+,38+,47-,48+,49-,50-/m0/s1. The van der Waals surface area contributed by atoms with Crippen molar-refractivity contribution in [3.05, 3.63) is 93.3 Å². The van der Waals surface area contributed by atoms with Crippen LogP contribution in [-0.2, 0) is 23.9 Å². The fourth-order valence-corrected chi connectivity index (χ4v) is 13.0.